The maximum absolute atomic E-state index is 11.5. The molecule has 0 bridgehead atoms. The largest absolute Gasteiger partial charge is 0.477 e. The van der Waals surface area contributed by atoms with Crippen molar-refractivity contribution >= 4 is 21.8 Å². The fraction of sp³-hybridized carbons (Fsp3) is 0.333. The number of carboxylic acids is 1. The van der Waals surface area contributed by atoms with Crippen molar-refractivity contribution in [2.75, 3.05) is 4.72 Å². The van der Waals surface area contributed by atoms with Crippen LogP contribution >= 0.6 is 0 Å². The van der Waals surface area contributed by atoms with Gasteiger partial charge in [-0.25, -0.2) is 18.2 Å². The Morgan fingerprint density at radius 3 is 2.69 bits per heavy atom. The molecule has 1 aromatic heterocycles. The van der Waals surface area contributed by atoms with E-state index < -0.39 is 16.0 Å². The van der Waals surface area contributed by atoms with Crippen LogP contribution < -0.4 is 4.72 Å². The molecule has 0 radical (unpaired) electrons. The van der Waals surface area contributed by atoms with Crippen LogP contribution in [-0.4, -0.2) is 29.7 Å². The molecule has 2 rings (SSSR count). The topological polar surface area (TPSA) is 96.4 Å². The van der Waals surface area contributed by atoms with Gasteiger partial charge in [0.25, 0.3) is 0 Å². The monoisotopic (exact) mass is 242 g/mol. The molecule has 1 heterocycles. The molecule has 0 unspecified atom stereocenters. The summed E-state index contributed by atoms with van der Waals surface area (Å²) in [4.78, 5) is 14.3. The van der Waals surface area contributed by atoms with Crippen LogP contribution in [0.1, 0.15) is 23.3 Å². The molecule has 1 aliphatic rings. The molecule has 2 N–H and O–H groups in total. The maximum atomic E-state index is 11.5. The van der Waals surface area contributed by atoms with Gasteiger partial charge in [-0.2, -0.15) is 0 Å². The van der Waals surface area contributed by atoms with Crippen LogP contribution in [0, 0.1) is 0 Å². The fourth-order valence-electron chi connectivity index (χ4n) is 1.22. The van der Waals surface area contributed by atoms with Gasteiger partial charge in [-0.15, -0.1) is 0 Å². The van der Waals surface area contributed by atoms with Crippen molar-refractivity contribution in [3.8, 4) is 0 Å². The third-order valence-electron chi connectivity index (χ3n) is 2.18. The normalized spacial score (nSPS) is 15.8. The summed E-state index contributed by atoms with van der Waals surface area (Å²) in [5.41, 5.74) is -0.184. The Balaban J connectivity index is 2.21. The first-order valence-corrected chi connectivity index (χ1v) is 6.25. The van der Waals surface area contributed by atoms with Crippen molar-refractivity contribution in [1.82, 2.24) is 4.98 Å². The smallest absolute Gasteiger partial charge is 0.354 e. The standard InChI is InChI=1S/C9H10N2O4S/c12-9(13)7-2-1-3-8(10-7)11-16(14,15)6-4-5-6/h1-3,6H,4-5H2,(H,10,11)(H,12,13). The van der Waals surface area contributed by atoms with Crippen molar-refractivity contribution < 1.29 is 18.3 Å². The van der Waals surface area contributed by atoms with Crippen LogP contribution in [-0.2, 0) is 10.0 Å². The summed E-state index contributed by atoms with van der Waals surface area (Å²) < 4.78 is 25.4. The Bertz CT molecular complexity index is 522. The van der Waals surface area contributed by atoms with Crippen molar-refractivity contribution in [2.45, 2.75) is 18.1 Å². The lowest BCUT2D eigenvalue weighted by Crippen LogP contribution is -2.18. The summed E-state index contributed by atoms with van der Waals surface area (Å²) >= 11 is 0. The Hall–Kier alpha value is -1.63. The number of nitrogens with zero attached hydrogens (tertiary/aromatic N) is 1. The van der Waals surface area contributed by atoms with E-state index in [4.69, 9.17) is 5.11 Å². The van der Waals surface area contributed by atoms with Crippen molar-refractivity contribution in [2.24, 2.45) is 0 Å². The predicted molar refractivity (Wildman–Crippen MR) is 56.8 cm³/mol. The van der Waals surface area contributed by atoms with E-state index in [2.05, 4.69) is 9.71 Å². The van der Waals surface area contributed by atoms with E-state index in [9.17, 15) is 13.2 Å². The molecule has 16 heavy (non-hydrogen) atoms. The van der Waals surface area contributed by atoms with Crippen LogP contribution in [0.15, 0.2) is 18.2 Å². The van der Waals surface area contributed by atoms with Crippen molar-refractivity contribution in [1.29, 1.82) is 0 Å². The number of hydrogen-bond acceptors (Lipinski definition) is 4. The minimum atomic E-state index is -3.39. The Morgan fingerprint density at radius 2 is 2.12 bits per heavy atom. The van der Waals surface area contributed by atoms with E-state index in [1.165, 1.54) is 18.2 Å². The number of hydrogen-bond donors (Lipinski definition) is 2. The number of aromatic carboxylic acids is 1. The predicted octanol–water partition coefficient (Wildman–Crippen LogP) is 0.684. The zero-order chi connectivity index (χ0) is 11.8. The summed E-state index contributed by atoms with van der Waals surface area (Å²) in [5.74, 6) is -1.14. The molecule has 6 nitrogen and oxygen atoms in total. The summed E-state index contributed by atoms with van der Waals surface area (Å²) in [6.07, 6.45) is 1.29. The van der Waals surface area contributed by atoms with Crippen LogP contribution in [0.25, 0.3) is 0 Å². The minimum Gasteiger partial charge on any atom is -0.477 e. The van der Waals surface area contributed by atoms with Gasteiger partial charge in [0.1, 0.15) is 5.82 Å². The van der Waals surface area contributed by atoms with E-state index >= 15 is 0 Å². The third-order valence-corrected chi connectivity index (χ3v) is 4.02. The number of nitrogens with one attached hydrogen (secondary N) is 1. The quantitative estimate of drug-likeness (QED) is 0.809. The lowest BCUT2D eigenvalue weighted by molar-refractivity contribution is 0.0690. The number of carboxylic acid groups (broad SMARTS) is 1. The van der Waals surface area contributed by atoms with E-state index in [1.807, 2.05) is 0 Å². The van der Waals surface area contributed by atoms with Gasteiger partial charge >= 0.3 is 5.97 Å². The van der Waals surface area contributed by atoms with E-state index in [0.29, 0.717) is 12.8 Å². The highest BCUT2D eigenvalue weighted by atomic mass is 32.2. The fourth-order valence-corrected chi connectivity index (χ4v) is 2.55. The molecule has 1 fully saturated rings. The molecule has 1 saturated carbocycles. The molecule has 0 atom stereocenters. The maximum Gasteiger partial charge on any atom is 0.354 e. The minimum absolute atomic E-state index is 0.0480. The Kier molecular flexibility index (Phi) is 2.55. The summed E-state index contributed by atoms with van der Waals surface area (Å²) in [6, 6.07) is 4.17. The molecule has 86 valence electrons. The van der Waals surface area contributed by atoms with Crippen molar-refractivity contribution in [3.05, 3.63) is 23.9 Å². The third kappa shape index (κ3) is 2.30. The average molecular weight is 242 g/mol. The van der Waals surface area contributed by atoms with Gasteiger partial charge in [0.15, 0.2) is 5.69 Å². The second kappa shape index (κ2) is 3.75. The molecule has 0 saturated heterocycles. The molecule has 1 aliphatic carbocycles. The van der Waals surface area contributed by atoms with Gasteiger partial charge in [0, 0.05) is 0 Å². The van der Waals surface area contributed by atoms with E-state index in [1.54, 1.807) is 0 Å². The van der Waals surface area contributed by atoms with Crippen LogP contribution in [0.2, 0.25) is 0 Å². The SMILES string of the molecule is O=C(O)c1cccc(NS(=O)(=O)C2CC2)n1. The number of pyridine rings is 1. The molecular formula is C9H10N2O4S. The molecule has 0 aromatic carbocycles. The first kappa shape index (κ1) is 10.9. The van der Waals surface area contributed by atoms with Gasteiger partial charge in [-0.3, -0.25) is 4.72 Å². The highest BCUT2D eigenvalue weighted by Gasteiger charge is 2.35. The van der Waals surface area contributed by atoms with E-state index in [-0.39, 0.29) is 16.8 Å². The summed E-state index contributed by atoms with van der Waals surface area (Å²) in [7, 11) is -3.39. The number of rotatable bonds is 4. The van der Waals surface area contributed by atoms with Gasteiger partial charge in [0.2, 0.25) is 10.0 Å². The molecule has 0 aliphatic heterocycles. The number of sulfonamides is 1. The van der Waals surface area contributed by atoms with Crippen molar-refractivity contribution in [3.63, 3.8) is 0 Å². The lowest BCUT2D eigenvalue weighted by Gasteiger charge is -2.05. The van der Waals surface area contributed by atoms with Crippen LogP contribution in [0.5, 0.6) is 0 Å². The van der Waals surface area contributed by atoms with Gasteiger partial charge in [-0.1, -0.05) is 6.07 Å². The lowest BCUT2D eigenvalue weighted by atomic mass is 10.3. The molecule has 0 spiro atoms. The number of anilines is 1. The van der Waals surface area contributed by atoms with Gasteiger partial charge in [0.05, 0.1) is 5.25 Å². The van der Waals surface area contributed by atoms with Crippen LogP contribution in [0.3, 0.4) is 0 Å². The zero-order valence-corrected chi connectivity index (χ0v) is 9.07. The van der Waals surface area contributed by atoms with Gasteiger partial charge < -0.3 is 5.11 Å². The van der Waals surface area contributed by atoms with E-state index in [0.717, 1.165) is 0 Å². The summed E-state index contributed by atoms with van der Waals surface area (Å²) in [5, 5.41) is 8.33. The first-order valence-electron chi connectivity index (χ1n) is 4.71. The summed E-state index contributed by atoms with van der Waals surface area (Å²) in [6.45, 7) is 0. The highest BCUT2D eigenvalue weighted by molar-refractivity contribution is 7.93. The first-order chi connectivity index (χ1) is 7.49. The molecule has 1 aromatic rings. The average Bonchev–Trinajstić information content (AvgIpc) is 3.00. The number of aromatic nitrogens is 1. The second-order valence-corrected chi connectivity index (χ2v) is 5.52. The van der Waals surface area contributed by atoms with Gasteiger partial charge in [-0.05, 0) is 25.0 Å². The Labute approximate surface area is 92.4 Å². The molecule has 0 amide bonds. The second-order valence-electron chi connectivity index (χ2n) is 3.56. The highest BCUT2D eigenvalue weighted by Crippen LogP contribution is 2.29. The molecule has 7 heteroatoms. The Morgan fingerprint density at radius 1 is 1.44 bits per heavy atom. The zero-order valence-electron chi connectivity index (χ0n) is 8.25. The number of carbonyl (C=O) groups is 1. The molecular weight excluding hydrogens is 232 g/mol. The van der Waals surface area contributed by atoms with Crippen LogP contribution in [0.4, 0.5) is 5.82 Å².